The standard InChI is InChI=1S/C15H31N3O.2ClH/c1-4-18(5-2)11-12(3)17-15(19)10-13-8-6-7-9-14(13)16;;/h12-14H,4-11,16H2,1-3H3,(H,17,19);2*1H. The number of carbonyl (C=O) groups excluding carboxylic acids is 1. The third-order valence-corrected chi connectivity index (χ3v) is 4.25. The first-order valence-corrected chi connectivity index (χ1v) is 7.84. The molecule has 0 aromatic heterocycles. The van der Waals surface area contributed by atoms with E-state index in [1.807, 2.05) is 0 Å². The Labute approximate surface area is 142 Å². The SMILES string of the molecule is CCN(CC)CC(C)NC(=O)CC1CCCCC1N.Cl.Cl. The summed E-state index contributed by atoms with van der Waals surface area (Å²) in [7, 11) is 0. The fraction of sp³-hybridized carbons (Fsp3) is 0.933. The Kier molecular flexibility index (Phi) is 13.8. The number of nitrogens with zero attached hydrogens (tertiary/aromatic N) is 1. The molecule has 0 aromatic rings. The summed E-state index contributed by atoms with van der Waals surface area (Å²) < 4.78 is 0. The van der Waals surface area contributed by atoms with E-state index in [2.05, 4.69) is 31.0 Å². The van der Waals surface area contributed by atoms with Crippen molar-refractivity contribution in [2.75, 3.05) is 19.6 Å². The van der Waals surface area contributed by atoms with Crippen LogP contribution in [0.1, 0.15) is 52.9 Å². The number of halogens is 2. The fourth-order valence-corrected chi connectivity index (χ4v) is 2.98. The van der Waals surface area contributed by atoms with Gasteiger partial charge >= 0.3 is 0 Å². The second-order valence-corrected chi connectivity index (χ2v) is 5.87. The lowest BCUT2D eigenvalue weighted by atomic mass is 9.83. The van der Waals surface area contributed by atoms with Crippen molar-refractivity contribution >= 4 is 30.7 Å². The first kappa shape index (κ1) is 23.2. The molecule has 0 radical (unpaired) electrons. The van der Waals surface area contributed by atoms with E-state index >= 15 is 0 Å². The van der Waals surface area contributed by atoms with Gasteiger partial charge in [-0.15, -0.1) is 24.8 Å². The zero-order chi connectivity index (χ0) is 14.3. The van der Waals surface area contributed by atoms with Gasteiger partial charge in [0, 0.05) is 25.0 Å². The van der Waals surface area contributed by atoms with Crippen LogP contribution in [0.15, 0.2) is 0 Å². The van der Waals surface area contributed by atoms with Gasteiger partial charge in [-0.2, -0.15) is 0 Å². The molecule has 0 saturated heterocycles. The van der Waals surface area contributed by atoms with Gasteiger partial charge in [0.1, 0.15) is 0 Å². The Bertz CT molecular complexity index is 276. The number of amides is 1. The number of hydrogen-bond donors (Lipinski definition) is 2. The molecule has 1 amide bonds. The average molecular weight is 342 g/mol. The number of hydrogen-bond acceptors (Lipinski definition) is 3. The van der Waals surface area contributed by atoms with Gasteiger partial charge in [-0.05, 0) is 38.8 Å². The summed E-state index contributed by atoms with van der Waals surface area (Å²) in [6.45, 7) is 9.37. The minimum atomic E-state index is 0. The first-order valence-electron chi connectivity index (χ1n) is 7.84. The van der Waals surface area contributed by atoms with Crippen molar-refractivity contribution in [3.05, 3.63) is 0 Å². The number of nitrogens with two attached hydrogens (primary N) is 1. The Morgan fingerprint density at radius 2 is 1.81 bits per heavy atom. The van der Waals surface area contributed by atoms with E-state index < -0.39 is 0 Å². The molecule has 0 aliphatic heterocycles. The smallest absolute Gasteiger partial charge is 0.220 e. The molecule has 0 heterocycles. The van der Waals surface area contributed by atoms with Crippen molar-refractivity contribution in [1.29, 1.82) is 0 Å². The summed E-state index contributed by atoms with van der Waals surface area (Å²) in [6.07, 6.45) is 5.23. The summed E-state index contributed by atoms with van der Waals surface area (Å²) in [5.41, 5.74) is 6.09. The molecule has 3 atom stereocenters. The molecule has 128 valence electrons. The lowest BCUT2D eigenvalue weighted by Crippen LogP contribution is -2.44. The quantitative estimate of drug-likeness (QED) is 0.748. The molecular formula is C15H33Cl2N3O. The summed E-state index contributed by atoms with van der Waals surface area (Å²) >= 11 is 0. The highest BCUT2D eigenvalue weighted by atomic mass is 35.5. The van der Waals surface area contributed by atoms with E-state index in [1.54, 1.807) is 0 Å². The van der Waals surface area contributed by atoms with Crippen molar-refractivity contribution < 1.29 is 4.79 Å². The van der Waals surface area contributed by atoms with Gasteiger partial charge in [-0.25, -0.2) is 0 Å². The predicted molar refractivity (Wildman–Crippen MR) is 94.4 cm³/mol. The van der Waals surface area contributed by atoms with Gasteiger partial charge in [0.25, 0.3) is 0 Å². The van der Waals surface area contributed by atoms with Crippen LogP contribution in [-0.2, 0) is 4.79 Å². The topological polar surface area (TPSA) is 58.4 Å². The van der Waals surface area contributed by atoms with Gasteiger partial charge in [0.15, 0.2) is 0 Å². The number of nitrogens with one attached hydrogen (secondary N) is 1. The maximum atomic E-state index is 12.0. The van der Waals surface area contributed by atoms with Crippen LogP contribution in [0.3, 0.4) is 0 Å². The second-order valence-electron chi connectivity index (χ2n) is 5.87. The average Bonchev–Trinajstić information content (AvgIpc) is 2.38. The van der Waals surface area contributed by atoms with Gasteiger partial charge in [-0.1, -0.05) is 26.7 Å². The molecule has 0 aromatic carbocycles. The molecule has 1 fully saturated rings. The molecule has 3 N–H and O–H groups in total. The third-order valence-electron chi connectivity index (χ3n) is 4.25. The maximum absolute atomic E-state index is 12.0. The zero-order valence-corrected chi connectivity index (χ0v) is 15.3. The molecule has 4 nitrogen and oxygen atoms in total. The van der Waals surface area contributed by atoms with Crippen LogP contribution in [0.4, 0.5) is 0 Å². The Hall–Kier alpha value is -0.0300. The van der Waals surface area contributed by atoms with Gasteiger partial charge in [-0.3, -0.25) is 4.79 Å². The lowest BCUT2D eigenvalue weighted by molar-refractivity contribution is -0.123. The Balaban J connectivity index is 0. The molecule has 0 spiro atoms. The van der Waals surface area contributed by atoms with Crippen LogP contribution < -0.4 is 11.1 Å². The maximum Gasteiger partial charge on any atom is 0.220 e. The first-order chi connectivity index (χ1) is 9.06. The Morgan fingerprint density at radius 1 is 1.24 bits per heavy atom. The highest BCUT2D eigenvalue weighted by Gasteiger charge is 2.24. The Morgan fingerprint density at radius 3 is 2.33 bits per heavy atom. The molecule has 1 aliphatic carbocycles. The number of likely N-dealkylation sites (N-methyl/N-ethyl adjacent to an activating group) is 1. The van der Waals surface area contributed by atoms with Crippen molar-refractivity contribution in [2.45, 2.75) is 65.0 Å². The summed E-state index contributed by atoms with van der Waals surface area (Å²) in [5, 5.41) is 3.11. The van der Waals surface area contributed by atoms with E-state index in [-0.39, 0.29) is 42.8 Å². The molecule has 1 rings (SSSR count). The largest absolute Gasteiger partial charge is 0.352 e. The highest BCUT2D eigenvalue weighted by Crippen LogP contribution is 2.25. The molecule has 0 bridgehead atoms. The van der Waals surface area contributed by atoms with Crippen molar-refractivity contribution in [1.82, 2.24) is 10.2 Å². The number of rotatable bonds is 7. The molecule has 21 heavy (non-hydrogen) atoms. The van der Waals surface area contributed by atoms with Gasteiger partial charge in [0.2, 0.25) is 5.91 Å². The fourth-order valence-electron chi connectivity index (χ4n) is 2.98. The van der Waals surface area contributed by atoms with Crippen molar-refractivity contribution in [3.8, 4) is 0 Å². The van der Waals surface area contributed by atoms with Crippen LogP contribution in [0.5, 0.6) is 0 Å². The zero-order valence-electron chi connectivity index (χ0n) is 13.6. The van der Waals surface area contributed by atoms with Crippen LogP contribution >= 0.6 is 24.8 Å². The van der Waals surface area contributed by atoms with Crippen molar-refractivity contribution in [2.24, 2.45) is 11.7 Å². The second kappa shape index (κ2) is 12.5. The minimum absolute atomic E-state index is 0. The molecule has 1 saturated carbocycles. The van der Waals surface area contributed by atoms with E-state index in [1.165, 1.54) is 12.8 Å². The van der Waals surface area contributed by atoms with E-state index in [4.69, 9.17) is 5.73 Å². The van der Waals surface area contributed by atoms with Crippen LogP contribution in [0.2, 0.25) is 0 Å². The predicted octanol–water partition coefficient (Wildman–Crippen LogP) is 2.58. The summed E-state index contributed by atoms with van der Waals surface area (Å²) in [5.74, 6) is 0.552. The van der Waals surface area contributed by atoms with Crippen molar-refractivity contribution in [3.63, 3.8) is 0 Å². The molecule has 6 heteroatoms. The third kappa shape index (κ3) is 8.87. The van der Waals surface area contributed by atoms with Gasteiger partial charge < -0.3 is 16.0 Å². The summed E-state index contributed by atoms with van der Waals surface area (Å²) in [6, 6.07) is 0.435. The van der Waals surface area contributed by atoms with E-state index in [0.717, 1.165) is 32.5 Å². The van der Waals surface area contributed by atoms with E-state index in [9.17, 15) is 4.79 Å². The normalized spacial score (nSPS) is 22.9. The van der Waals surface area contributed by atoms with Crippen LogP contribution in [0.25, 0.3) is 0 Å². The molecule has 1 aliphatic rings. The molecule has 3 unspecified atom stereocenters. The minimum Gasteiger partial charge on any atom is -0.352 e. The highest BCUT2D eigenvalue weighted by molar-refractivity contribution is 5.85. The van der Waals surface area contributed by atoms with Crippen LogP contribution in [-0.4, -0.2) is 42.5 Å². The number of carbonyl (C=O) groups is 1. The monoisotopic (exact) mass is 341 g/mol. The summed E-state index contributed by atoms with van der Waals surface area (Å²) in [4.78, 5) is 14.4. The van der Waals surface area contributed by atoms with E-state index in [0.29, 0.717) is 12.3 Å². The molecular weight excluding hydrogens is 309 g/mol. The lowest BCUT2D eigenvalue weighted by Gasteiger charge is -2.29. The van der Waals surface area contributed by atoms with Crippen LogP contribution in [0, 0.1) is 5.92 Å². The van der Waals surface area contributed by atoms with Gasteiger partial charge in [0.05, 0.1) is 0 Å².